The predicted octanol–water partition coefficient (Wildman–Crippen LogP) is 3.07. The lowest BCUT2D eigenvalue weighted by Crippen LogP contribution is -2.48. The Kier molecular flexibility index (Phi) is 5.62. The zero-order valence-electron chi connectivity index (χ0n) is 15.0. The van der Waals surface area contributed by atoms with Crippen molar-refractivity contribution in [3.05, 3.63) is 17.6 Å². The van der Waals surface area contributed by atoms with Crippen molar-refractivity contribution < 1.29 is 18.7 Å². The molecule has 2 rings (SSSR count). The Hall–Kier alpha value is -1.92. The molecule has 7 heteroatoms. The minimum absolute atomic E-state index is 0.163. The summed E-state index contributed by atoms with van der Waals surface area (Å²) < 4.78 is 25.2. The number of carbonyl (C=O) groups excluding carboxylic acids is 1. The first kappa shape index (κ1) is 18.4. The van der Waals surface area contributed by atoms with E-state index >= 15 is 0 Å². The highest BCUT2D eigenvalue weighted by Gasteiger charge is 2.34. The average molecular weight is 339 g/mol. The predicted molar refractivity (Wildman–Crippen MR) is 87.8 cm³/mol. The molecule has 1 aromatic heterocycles. The van der Waals surface area contributed by atoms with Gasteiger partial charge in [-0.05, 0) is 41.0 Å². The SMILES string of the molecule is Cc1cc(OCC2CN(C(=O)OC(C)(C)C)CCC2F)nc(C)n1. The minimum atomic E-state index is -1.01. The Morgan fingerprint density at radius 2 is 2.08 bits per heavy atom. The molecule has 1 amide bonds. The van der Waals surface area contributed by atoms with Crippen molar-refractivity contribution in [1.29, 1.82) is 0 Å². The molecule has 1 aromatic rings. The van der Waals surface area contributed by atoms with Gasteiger partial charge in [0.25, 0.3) is 0 Å². The quantitative estimate of drug-likeness (QED) is 0.847. The highest BCUT2D eigenvalue weighted by Crippen LogP contribution is 2.23. The molecule has 0 aliphatic carbocycles. The van der Waals surface area contributed by atoms with E-state index in [2.05, 4.69) is 9.97 Å². The normalized spacial score (nSPS) is 21.5. The number of halogens is 1. The molecule has 0 bridgehead atoms. The maximum atomic E-state index is 14.2. The average Bonchev–Trinajstić information content (AvgIpc) is 2.43. The zero-order valence-corrected chi connectivity index (χ0v) is 15.0. The number of nitrogens with zero attached hydrogens (tertiary/aromatic N) is 3. The Morgan fingerprint density at radius 3 is 2.71 bits per heavy atom. The third kappa shape index (κ3) is 5.32. The molecule has 0 aromatic carbocycles. The topological polar surface area (TPSA) is 64.5 Å². The van der Waals surface area contributed by atoms with Crippen LogP contribution in [0.25, 0.3) is 0 Å². The molecule has 0 saturated carbocycles. The monoisotopic (exact) mass is 339 g/mol. The smallest absolute Gasteiger partial charge is 0.410 e. The minimum Gasteiger partial charge on any atom is -0.477 e. The fraction of sp³-hybridized carbons (Fsp3) is 0.706. The molecule has 134 valence electrons. The van der Waals surface area contributed by atoms with Gasteiger partial charge in [-0.15, -0.1) is 0 Å². The summed E-state index contributed by atoms with van der Waals surface area (Å²) in [5.41, 5.74) is 0.236. The highest BCUT2D eigenvalue weighted by molar-refractivity contribution is 5.68. The second-order valence-electron chi connectivity index (χ2n) is 7.20. The first-order valence-electron chi connectivity index (χ1n) is 8.21. The van der Waals surface area contributed by atoms with Gasteiger partial charge in [-0.3, -0.25) is 0 Å². The Labute approximate surface area is 142 Å². The van der Waals surface area contributed by atoms with Crippen LogP contribution in [-0.2, 0) is 4.74 Å². The summed E-state index contributed by atoms with van der Waals surface area (Å²) >= 11 is 0. The Balaban J connectivity index is 1.94. The largest absolute Gasteiger partial charge is 0.477 e. The van der Waals surface area contributed by atoms with Gasteiger partial charge < -0.3 is 14.4 Å². The van der Waals surface area contributed by atoms with E-state index < -0.39 is 23.8 Å². The van der Waals surface area contributed by atoms with Gasteiger partial charge in [0.05, 0.1) is 6.61 Å². The van der Waals surface area contributed by atoms with E-state index in [4.69, 9.17) is 9.47 Å². The molecule has 1 saturated heterocycles. The van der Waals surface area contributed by atoms with Crippen molar-refractivity contribution >= 4 is 6.09 Å². The van der Waals surface area contributed by atoms with Gasteiger partial charge in [0, 0.05) is 30.8 Å². The van der Waals surface area contributed by atoms with Crippen LogP contribution in [0.1, 0.15) is 38.7 Å². The number of piperidine rings is 1. The number of aryl methyl sites for hydroxylation is 2. The lowest BCUT2D eigenvalue weighted by atomic mass is 9.97. The second-order valence-corrected chi connectivity index (χ2v) is 7.20. The molecule has 1 aliphatic heterocycles. The molecular formula is C17H26FN3O3. The van der Waals surface area contributed by atoms with E-state index in [0.29, 0.717) is 18.2 Å². The summed E-state index contributed by atoms with van der Waals surface area (Å²) in [4.78, 5) is 22.1. The van der Waals surface area contributed by atoms with Crippen LogP contribution in [0.3, 0.4) is 0 Å². The third-order valence-electron chi connectivity index (χ3n) is 3.68. The van der Waals surface area contributed by atoms with E-state index in [0.717, 1.165) is 5.69 Å². The second kappa shape index (κ2) is 7.32. The van der Waals surface area contributed by atoms with Crippen LogP contribution >= 0.6 is 0 Å². The lowest BCUT2D eigenvalue weighted by molar-refractivity contribution is 0.000726. The summed E-state index contributed by atoms with van der Waals surface area (Å²) in [6, 6.07) is 1.72. The standard InChI is InChI=1S/C17H26FN3O3/c1-11-8-15(20-12(2)19-11)23-10-13-9-21(7-6-14(13)18)16(22)24-17(3,4)5/h8,13-14H,6-7,9-10H2,1-5H3. The van der Waals surface area contributed by atoms with Gasteiger partial charge in [0.1, 0.15) is 17.6 Å². The molecule has 2 atom stereocenters. The number of amides is 1. The van der Waals surface area contributed by atoms with Crippen LogP contribution < -0.4 is 4.74 Å². The maximum absolute atomic E-state index is 14.2. The fourth-order valence-corrected chi connectivity index (χ4v) is 2.60. The maximum Gasteiger partial charge on any atom is 0.410 e. The number of likely N-dealkylation sites (tertiary alicyclic amines) is 1. The Bertz CT molecular complexity index is 569. The summed E-state index contributed by atoms with van der Waals surface area (Å²) in [6.45, 7) is 9.87. The lowest BCUT2D eigenvalue weighted by Gasteiger charge is -2.35. The van der Waals surface area contributed by atoms with Gasteiger partial charge in [0.2, 0.25) is 5.88 Å². The summed E-state index contributed by atoms with van der Waals surface area (Å²) in [7, 11) is 0. The van der Waals surface area contributed by atoms with E-state index in [1.165, 1.54) is 0 Å². The summed E-state index contributed by atoms with van der Waals surface area (Å²) in [6.07, 6.45) is -1.13. The van der Waals surface area contributed by atoms with Gasteiger partial charge in [-0.25, -0.2) is 14.2 Å². The molecule has 6 nitrogen and oxygen atoms in total. The molecule has 1 aliphatic rings. The van der Waals surface area contributed by atoms with Crippen LogP contribution in [-0.4, -0.2) is 52.4 Å². The Morgan fingerprint density at radius 1 is 1.38 bits per heavy atom. The van der Waals surface area contributed by atoms with E-state index in [1.54, 1.807) is 17.9 Å². The van der Waals surface area contributed by atoms with Crippen molar-refractivity contribution in [2.75, 3.05) is 19.7 Å². The van der Waals surface area contributed by atoms with Crippen LogP contribution in [0.4, 0.5) is 9.18 Å². The van der Waals surface area contributed by atoms with Crippen molar-refractivity contribution in [1.82, 2.24) is 14.9 Å². The summed E-state index contributed by atoms with van der Waals surface area (Å²) in [5.74, 6) is 0.643. The fourth-order valence-electron chi connectivity index (χ4n) is 2.60. The van der Waals surface area contributed by atoms with Gasteiger partial charge >= 0.3 is 6.09 Å². The van der Waals surface area contributed by atoms with Gasteiger partial charge in [-0.1, -0.05) is 0 Å². The van der Waals surface area contributed by atoms with E-state index in [-0.39, 0.29) is 19.6 Å². The van der Waals surface area contributed by atoms with Crippen LogP contribution in [0, 0.1) is 19.8 Å². The van der Waals surface area contributed by atoms with Crippen LogP contribution in [0.5, 0.6) is 5.88 Å². The number of alkyl halides is 1. The van der Waals surface area contributed by atoms with E-state index in [9.17, 15) is 9.18 Å². The number of rotatable bonds is 3. The van der Waals surface area contributed by atoms with Crippen molar-refractivity contribution in [3.63, 3.8) is 0 Å². The van der Waals surface area contributed by atoms with Crippen molar-refractivity contribution in [2.24, 2.45) is 5.92 Å². The first-order chi connectivity index (χ1) is 11.1. The number of aromatic nitrogens is 2. The molecule has 2 unspecified atom stereocenters. The highest BCUT2D eigenvalue weighted by atomic mass is 19.1. The van der Waals surface area contributed by atoms with Gasteiger partial charge in [0.15, 0.2) is 0 Å². The van der Waals surface area contributed by atoms with Gasteiger partial charge in [-0.2, -0.15) is 4.98 Å². The molecule has 1 fully saturated rings. The number of hydrogen-bond acceptors (Lipinski definition) is 5. The molecule has 24 heavy (non-hydrogen) atoms. The first-order valence-corrected chi connectivity index (χ1v) is 8.21. The molecule has 2 heterocycles. The van der Waals surface area contributed by atoms with E-state index in [1.807, 2.05) is 27.7 Å². The molecular weight excluding hydrogens is 313 g/mol. The number of hydrogen-bond donors (Lipinski definition) is 0. The molecule has 0 radical (unpaired) electrons. The van der Waals surface area contributed by atoms with Crippen LogP contribution in [0.15, 0.2) is 6.07 Å². The summed E-state index contributed by atoms with van der Waals surface area (Å²) in [5, 5.41) is 0. The van der Waals surface area contributed by atoms with Crippen LogP contribution in [0.2, 0.25) is 0 Å². The van der Waals surface area contributed by atoms with Crippen molar-refractivity contribution in [3.8, 4) is 5.88 Å². The van der Waals surface area contributed by atoms with Crippen molar-refractivity contribution in [2.45, 2.75) is 52.8 Å². The zero-order chi connectivity index (χ0) is 17.9. The third-order valence-corrected chi connectivity index (χ3v) is 3.68. The molecule has 0 spiro atoms. The number of carbonyl (C=O) groups is 1. The molecule has 0 N–H and O–H groups in total. The number of ether oxygens (including phenoxy) is 2.